The van der Waals surface area contributed by atoms with Gasteiger partial charge >= 0.3 is 0 Å². The van der Waals surface area contributed by atoms with Gasteiger partial charge in [0.15, 0.2) is 0 Å². The van der Waals surface area contributed by atoms with Crippen molar-refractivity contribution >= 4 is 5.65 Å². The fourth-order valence-corrected chi connectivity index (χ4v) is 3.61. The van der Waals surface area contributed by atoms with Crippen molar-refractivity contribution in [3.63, 3.8) is 0 Å². The van der Waals surface area contributed by atoms with Crippen LogP contribution in [0.25, 0.3) is 16.9 Å². The second-order valence-electron chi connectivity index (χ2n) is 7.16. The van der Waals surface area contributed by atoms with Crippen molar-refractivity contribution < 1.29 is 4.39 Å². The highest BCUT2D eigenvalue weighted by Gasteiger charge is 2.18. The minimum Gasteiger partial charge on any atom is -0.315 e. The molecule has 1 saturated heterocycles. The number of nitrogens with one attached hydrogen (secondary N) is 1. The molecule has 0 radical (unpaired) electrons. The van der Waals surface area contributed by atoms with E-state index in [-0.39, 0.29) is 5.82 Å². The maximum absolute atomic E-state index is 13.9. The summed E-state index contributed by atoms with van der Waals surface area (Å²) in [6.45, 7) is 9.09. The van der Waals surface area contributed by atoms with Gasteiger partial charge in [0.2, 0.25) is 0 Å². The number of pyridine rings is 1. The third-order valence-corrected chi connectivity index (χ3v) is 5.27. The first-order valence-corrected chi connectivity index (χ1v) is 9.29. The summed E-state index contributed by atoms with van der Waals surface area (Å²) in [5.74, 6) is -0.236. The molecule has 3 aromatic rings. The minimum atomic E-state index is -0.236. The lowest BCUT2D eigenvalue weighted by atomic mass is 10.0. The Labute approximate surface area is 153 Å². The summed E-state index contributed by atoms with van der Waals surface area (Å²) >= 11 is 0. The zero-order valence-electron chi connectivity index (χ0n) is 15.4. The van der Waals surface area contributed by atoms with Gasteiger partial charge in [-0.3, -0.25) is 9.30 Å². The minimum absolute atomic E-state index is 0.236. The predicted molar refractivity (Wildman–Crippen MR) is 103 cm³/mol. The van der Waals surface area contributed by atoms with Gasteiger partial charge in [0, 0.05) is 31.4 Å². The Kier molecular flexibility index (Phi) is 4.74. The Morgan fingerprint density at radius 2 is 1.96 bits per heavy atom. The van der Waals surface area contributed by atoms with E-state index in [2.05, 4.69) is 42.3 Å². The van der Waals surface area contributed by atoms with E-state index in [4.69, 9.17) is 4.98 Å². The van der Waals surface area contributed by atoms with Crippen LogP contribution in [0.4, 0.5) is 4.39 Å². The number of aryl methyl sites for hydroxylation is 2. The van der Waals surface area contributed by atoms with Crippen molar-refractivity contribution in [1.82, 2.24) is 19.6 Å². The van der Waals surface area contributed by atoms with E-state index in [1.165, 1.54) is 17.2 Å². The number of hydrogen-bond acceptors (Lipinski definition) is 3. The van der Waals surface area contributed by atoms with Crippen LogP contribution in [0, 0.1) is 19.7 Å². The fraction of sp³-hybridized carbons (Fsp3) is 0.381. The van der Waals surface area contributed by atoms with Crippen LogP contribution in [-0.4, -0.2) is 40.5 Å². The van der Waals surface area contributed by atoms with Gasteiger partial charge in [-0.15, -0.1) is 0 Å². The first kappa shape index (κ1) is 17.2. The lowest BCUT2D eigenvalue weighted by Gasteiger charge is -2.20. The third-order valence-electron chi connectivity index (χ3n) is 5.27. The van der Waals surface area contributed by atoms with E-state index < -0.39 is 0 Å². The molecule has 0 aliphatic carbocycles. The number of rotatable bonds is 3. The lowest BCUT2D eigenvalue weighted by molar-refractivity contribution is 0.280. The summed E-state index contributed by atoms with van der Waals surface area (Å²) in [7, 11) is 0. The van der Waals surface area contributed by atoms with Crippen LogP contribution in [-0.2, 0) is 6.54 Å². The van der Waals surface area contributed by atoms with Crippen LogP contribution in [0.15, 0.2) is 36.5 Å². The Balaban J connectivity index is 1.81. The molecular formula is C21H25FN4. The molecule has 4 rings (SSSR count). The maximum Gasteiger partial charge on any atom is 0.139 e. The molecule has 3 heterocycles. The molecule has 2 aromatic heterocycles. The summed E-state index contributed by atoms with van der Waals surface area (Å²) in [5.41, 5.74) is 6.42. The van der Waals surface area contributed by atoms with Crippen LogP contribution >= 0.6 is 0 Å². The second kappa shape index (κ2) is 7.17. The molecule has 26 heavy (non-hydrogen) atoms. The lowest BCUT2D eigenvalue weighted by Crippen LogP contribution is -2.28. The molecule has 0 saturated carbocycles. The summed E-state index contributed by atoms with van der Waals surface area (Å²) in [6, 6.07) is 9.67. The van der Waals surface area contributed by atoms with Crippen molar-refractivity contribution in [3.8, 4) is 11.3 Å². The molecule has 0 amide bonds. The summed E-state index contributed by atoms with van der Waals surface area (Å²) in [4.78, 5) is 7.27. The molecule has 1 N–H and O–H groups in total. The third kappa shape index (κ3) is 3.37. The molecule has 1 aromatic carbocycles. The molecule has 0 atom stereocenters. The SMILES string of the molecule is Cc1ccc(-c2nc3ccc(F)cn3c2CN2CCCNCC2)cc1C. The molecule has 1 aliphatic heterocycles. The quantitative estimate of drug-likeness (QED) is 0.782. The monoisotopic (exact) mass is 352 g/mol. The largest absolute Gasteiger partial charge is 0.315 e. The van der Waals surface area contributed by atoms with Crippen molar-refractivity contribution in [2.75, 3.05) is 26.2 Å². The molecule has 5 heteroatoms. The average molecular weight is 352 g/mol. The Morgan fingerprint density at radius 3 is 2.81 bits per heavy atom. The highest BCUT2D eigenvalue weighted by Crippen LogP contribution is 2.28. The van der Waals surface area contributed by atoms with E-state index in [0.717, 1.165) is 61.7 Å². The standard InChI is InChI=1S/C21H25FN4/c1-15-4-5-17(12-16(15)2)21-19(14-25-10-3-8-23-9-11-25)26-13-18(22)6-7-20(26)24-21/h4-7,12-13,23H,3,8-11,14H2,1-2H3. The average Bonchev–Trinajstić information content (AvgIpc) is 2.80. The first-order valence-electron chi connectivity index (χ1n) is 9.29. The number of fused-ring (bicyclic) bond motifs is 1. The van der Waals surface area contributed by atoms with Gasteiger partial charge in [0.1, 0.15) is 11.5 Å². The van der Waals surface area contributed by atoms with Gasteiger partial charge in [-0.1, -0.05) is 12.1 Å². The number of halogens is 1. The smallest absolute Gasteiger partial charge is 0.139 e. The fourth-order valence-electron chi connectivity index (χ4n) is 3.61. The summed E-state index contributed by atoms with van der Waals surface area (Å²) in [5, 5.41) is 3.44. The molecular weight excluding hydrogens is 327 g/mol. The maximum atomic E-state index is 13.9. The summed E-state index contributed by atoms with van der Waals surface area (Å²) in [6.07, 6.45) is 2.68. The molecule has 0 bridgehead atoms. The topological polar surface area (TPSA) is 32.6 Å². The van der Waals surface area contributed by atoms with Crippen LogP contribution < -0.4 is 5.32 Å². The van der Waals surface area contributed by atoms with E-state index in [1.807, 2.05) is 4.40 Å². The number of benzene rings is 1. The van der Waals surface area contributed by atoms with Crippen molar-refractivity contribution in [2.45, 2.75) is 26.8 Å². The first-order chi connectivity index (χ1) is 12.6. The van der Waals surface area contributed by atoms with Gasteiger partial charge in [0.05, 0.1) is 11.4 Å². The summed E-state index contributed by atoms with van der Waals surface area (Å²) < 4.78 is 15.8. The van der Waals surface area contributed by atoms with E-state index >= 15 is 0 Å². The molecule has 136 valence electrons. The van der Waals surface area contributed by atoms with Crippen molar-refractivity contribution in [3.05, 3.63) is 59.2 Å². The van der Waals surface area contributed by atoms with Crippen molar-refractivity contribution in [2.24, 2.45) is 0 Å². The van der Waals surface area contributed by atoms with E-state index in [9.17, 15) is 4.39 Å². The zero-order chi connectivity index (χ0) is 18.1. The van der Waals surface area contributed by atoms with Crippen LogP contribution in [0.2, 0.25) is 0 Å². The van der Waals surface area contributed by atoms with E-state index in [1.54, 1.807) is 12.3 Å². The van der Waals surface area contributed by atoms with Gasteiger partial charge in [-0.2, -0.15) is 0 Å². The molecule has 4 nitrogen and oxygen atoms in total. The van der Waals surface area contributed by atoms with Crippen LogP contribution in [0.3, 0.4) is 0 Å². The molecule has 1 aliphatic rings. The van der Waals surface area contributed by atoms with Gasteiger partial charge < -0.3 is 5.32 Å². The van der Waals surface area contributed by atoms with Crippen molar-refractivity contribution in [1.29, 1.82) is 0 Å². The number of hydrogen-bond donors (Lipinski definition) is 1. The zero-order valence-corrected chi connectivity index (χ0v) is 15.4. The number of aromatic nitrogens is 2. The van der Waals surface area contributed by atoms with Gasteiger partial charge in [0.25, 0.3) is 0 Å². The van der Waals surface area contributed by atoms with E-state index in [0.29, 0.717) is 0 Å². The Hall–Kier alpha value is -2.24. The Bertz CT molecular complexity index is 923. The van der Waals surface area contributed by atoms with Crippen LogP contribution in [0.1, 0.15) is 23.2 Å². The van der Waals surface area contributed by atoms with Crippen LogP contribution in [0.5, 0.6) is 0 Å². The molecule has 0 unspecified atom stereocenters. The predicted octanol–water partition coefficient (Wildman–Crippen LogP) is 3.55. The number of nitrogens with zero attached hydrogens (tertiary/aromatic N) is 3. The molecule has 1 fully saturated rings. The second-order valence-corrected chi connectivity index (χ2v) is 7.16. The number of imidazole rings is 1. The molecule has 0 spiro atoms. The Morgan fingerprint density at radius 1 is 1.08 bits per heavy atom. The highest BCUT2D eigenvalue weighted by atomic mass is 19.1. The van der Waals surface area contributed by atoms with Gasteiger partial charge in [-0.05, 0) is 62.7 Å². The normalized spacial score (nSPS) is 16.1. The highest BCUT2D eigenvalue weighted by molar-refractivity contribution is 5.67. The van der Waals surface area contributed by atoms with Gasteiger partial charge in [-0.25, -0.2) is 9.37 Å².